The molecule has 6 heteroatoms. The number of aryl methyl sites for hydroxylation is 2. The topological polar surface area (TPSA) is 54.9 Å². The summed E-state index contributed by atoms with van der Waals surface area (Å²) in [6.45, 7) is 3.71. The minimum Gasteiger partial charge on any atom is -0.320 e. The SMILES string of the molecule is Cc1ccc(NC(=O)c2cc(Cl)ncc2Cl)c(C)n1. The molecular weight excluding hydrogens is 285 g/mol. The first-order chi connectivity index (χ1) is 8.97. The molecule has 2 aromatic heterocycles. The zero-order chi connectivity index (χ0) is 14.0. The Morgan fingerprint density at radius 2 is 2.00 bits per heavy atom. The van der Waals surface area contributed by atoms with Crippen LogP contribution in [0.25, 0.3) is 0 Å². The number of hydrogen-bond donors (Lipinski definition) is 1. The maximum absolute atomic E-state index is 12.1. The quantitative estimate of drug-likeness (QED) is 0.861. The summed E-state index contributed by atoms with van der Waals surface area (Å²) in [6, 6.07) is 5.05. The molecule has 0 fully saturated rings. The predicted octanol–water partition coefficient (Wildman–Crippen LogP) is 3.65. The van der Waals surface area contributed by atoms with E-state index >= 15 is 0 Å². The first-order valence-electron chi connectivity index (χ1n) is 5.54. The van der Waals surface area contributed by atoms with Gasteiger partial charge in [0.2, 0.25) is 0 Å². The largest absolute Gasteiger partial charge is 0.320 e. The zero-order valence-corrected chi connectivity index (χ0v) is 11.9. The summed E-state index contributed by atoms with van der Waals surface area (Å²) in [6.07, 6.45) is 1.35. The van der Waals surface area contributed by atoms with Crippen LogP contribution in [0.2, 0.25) is 10.2 Å². The number of carbonyl (C=O) groups excluding carboxylic acids is 1. The van der Waals surface area contributed by atoms with E-state index in [1.54, 1.807) is 6.07 Å². The van der Waals surface area contributed by atoms with Gasteiger partial charge in [0, 0.05) is 11.9 Å². The Balaban J connectivity index is 2.28. The molecule has 0 saturated heterocycles. The first-order valence-corrected chi connectivity index (χ1v) is 6.29. The van der Waals surface area contributed by atoms with Crippen LogP contribution in [0.1, 0.15) is 21.7 Å². The molecule has 19 heavy (non-hydrogen) atoms. The number of carbonyl (C=O) groups is 1. The second-order valence-corrected chi connectivity index (χ2v) is 4.82. The van der Waals surface area contributed by atoms with Gasteiger partial charge in [-0.05, 0) is 32.0 Å². The zero-order valence-electron chi connectivity index (χ0n) is 10.4. The fraction of sp³-hybridized carbons (Fsp3) is 0.154. The lowest BCUT2D eigenvalue weighted by atomic mass is 10.2. The molecule has 0 radical (unpaired) electrons. The van der Waals surface area contributed by atoms with Crippen LogP contribution in [-0.4, -0.2) is 15.9 Å². The van der Waals surface area contributed by atoms with Gasteiger partial charge < -0.3 is 5.32 Å². The van der Waals surface area contributed by atoms with Crippen molar-refractivity contribution in [1.29, 1.82) is 0 Å². The second-order valence-electron chi connectivity index (χ2n) is 4.03. The molecule has 0 atom stereocenters. The predicted molar refractivity (Wildman–Crippen MR) is 75.9 cm³/mol. The van der Waals surface area contributed by atoms with Gasteiger partial charge in [0.05, 0.1) is 22.0 Å². The van der Waals surface area contributed by atoms with Gasteiger partial charge in [-0.2, -0.15) is 0 Å². The molecule has 0 aromatic carbocycles. The molecule has 2 heterocycles. The number of amides is 1. The summed E-state index contributed by atoms with van der Waals surface area (Å²) in [7, 11) is 0. The highest BCUT2D eigenvalue weighted by Crippen LogP contribution is 2.20. The number of nitrogens with one attached hydrogen (secondary N) is 1. The van der Waals surface area contributed by atoms with Crippen molar-refractivity contribution in [2.45, 2.75) is 13.8 Å². The Bertz CT molecular complexity index is 644. The van der Waals surface area contributed by atoms with E-state index in [0.29, 0.717) is 5.69 Å². The third-order valence-electron chi connectivity index (χ3n) is 2.54. The van der Waals surface area contributed by atoms with Gasteiger partial charge in [-0.25, -0.2) is 4.98 Å². The number of halogens is 2. The maximum Gasteiger partial charge on any atom is 0.257 e. The summed E-state index contributed by atoms with van der Waals surface area (Å²) in [5.74, 6) is -0.344. The summed E-state index contributed by atoms with van der Waals surface area (Å²) in [5.41, 5.74) is 2.55. The monoisotopic (exact) mass is 295 g/mol. The maximum atomic E-state index is 12.1. The Hall–Kier alpha value is -1.65. The van der Waals surface area contributed by atoms with E-state index in [0.717, 1.165) is 11.4 Å². The number of nitrogens with zero attached hydrogens (tertiary/aromatic N) is 2. The molecule has 1 amide bonds. The van der Waals surface area contributed by atoms with E-state index in [1.165, 1.54) is 12.3 Å². The van der Waals surface area contributed by atoms with E-state index in [2.05, 4.69) is 15.3 Å². The van der Waals surface area contributed by atoms with Gasteiger partial charge in [-0.3, -0.25) is 9.78 Å². The molecule has 98 valence electrons. The number of anilines is 1. The molecule has 2 rings (SSSR count). The van der Waals surface area contributed by atoms with Crippen molar-refractivity contribution in [2.75, 3.05) is 5.32 Å². The Labute approximate surface area is 120 Å². The standard InChI is InChI=1S/C13H11Cl2N3O/c1-7-3-4-11(8(2)17-7)18-13(19)9-5-12(15)16-6-10(9)14/h3-6H,1-2H3,(H,18,19). The van der Waals surface area contributed by atoms with Crippen molar-refractivity contribution in [2.24, 2.45) is 0 Å². The highest BCUT2D eigenvalue weighted by molar-refractivity contribution is 6.35. The third-order valence-corrected chi connectivity index (χ3v) is 3.05. The van der Waals surface area contributed by atoms with Crippen LogP contribution < -0.4 is 5.32 Å². The fourth-order valence-electron chi connectivity index (χ4n) is 1.60. The fourth-order valence-corrected chi connectivity index (χ4v) is 1.94. The van der Waals surface area contributed by atoms with Gasteiger partial charge in [0.25, 0.3) is 5.91 Å². The van der Waals surface area contributed by atoms with E-state index in [9.17, 15) is 4.79 Å². The van der Waals surface area contributed by atoms with Crippen LogP contribution in [0.15, 0.2) is 24.4 Å². The van der Waals surface area contributed by atoms with Crippen molar-refractivity contribution in [3.8, 4) is 0 Å². The number of pyridine rings is 2. The number of aromatic nitrogens is 2. The van der Waals surface area contributed by atoms with Crippen molar-refractivity contribution in [3.63, 3.8) is 0 Å². The van der Waals surface area contributed by atoms with Crippen molar-refractivity contribution >= 4 is 34.8 Å². The van der Waals surface area contributed by atoms with Crippen LogP contribution >= 0.6 is 23.2 Å². The lowest BCUT2D eigenvalue weighted by molar-refractivity contribution is 0.102. The lowest BCUT2D eigenvalue weighted by Crippen LogP contribution is -2.14. The molecule has 0 unspecified atom stereocenters. The second kappa shape index (κ2) is 5.55. The molecule has 0 aliphatic heterocycles. The summed E-state index contributed by atoms with van der Waals surface area (Å²) in [4.78, 5) is 20.2. The van der Waals surface area contributed by atoms with E-state index in [1.807, 2.05) is 19.9 Å². The molecule has 0 saturated carbocycles. The van der Waals surface area contributed by atoms with Crippen molar-refractivity contribution in [3.05, 3.63) is 51.5 Å². The molecule has 2 aromatic rings. The minimum absolute atomic E-state index is 0.216. The number of hydrogen-bond acceptors (Lipinski definition) is 3. The summed E-state index contributed by atoms with van der Waals surface area (Å²) in [5, 5.41) is 3.22. The highest BCUT2D eigenvalue weighted by atomic mass is 35.5. The smallest absolute Gasteiger partial charge is 0.257 e. The average molecular weight is 296 g/mol. The normalized spacial score (nSPS) is 10.3. The summed E-state index contributed by atoms with van der Waals surface area (Å²) >= 11 is 11.7. The van der Waals surface area contributed by atoms with E-state index < -0.39 is 0 Å². The lowest BCUT2D eigenvalue weighted by Gasteiger charge is -2.09. The van der Waals surface area contributed by atoms with Crippen molar-refractivity contribution < 1.29 is 4.79 Å². The van der Waals surface area contributed by atoms with Crippen LogP contribution in [0.3, 0.4) is 0 Å². The molecular formula is C13H11Cl2N3O. The van der Waals surface area contributed by atoms with Crippen LogP contribution in [0.4, 0.5) is 5.69 Å². The molecule has 0 bridgehead atoms. The van der Waals surface area contributed by atoms with Gasteiger partial charge >= 0.3 is 0 Å². The first kappa shape index (κ1) is 13.8. The Morgan fingerprint density at radius 3 is 2.68 bits per heavy atom. The molecule has 1 N–H and O–H groups in total. The van der Waals surface area contributed by atoms with Crippen LogP contribution in [0.5, 0.6) is 0 Å². The molecule has 0 aliphatic carbocycles. The Kier molecular flexibility index (Phi) is 4.02. The van der Waals surface area contributed by atoms with Gasteiger partial charge in [0.15, 0.2) is 0 Å². The van der Waals surface area contributed by atoms with Crippen LogP contribution in [0, 0.1) is 13.8 Å². The average Bonchev–Trinajstić information content (AvgIpc) is 2.35. The van der Waals surface area contributed by atoms with Gasteiger partial charge in [-0.15, -0.1) is 0 Å². The van der Waals surface area contributed by atoms with Gasteiger partial charge in [-0.1, -0.05) is 23.2 Å². The Morgan fingerprint density at radius 1 is 1.26 bits per heavy atom. The highest BCUT2D eigenvalue weighted by Gasteiger charge is 2.13. The van der Waals surface area contributed by atoms with Gasteiger partial charge in [0.1, 0.15) is 5.15 Å². The molecule has 0 spiro atoms. The van der Waals surface area contributed by atoms with E-state index in [-0.39, 0.29) is 21.6 Å². The summed E-state index contributed by atoms with van der Waals surface area (Å²) < 4.78 is 0. The molecule has 0 aliphatic rings. The molecule has 4 nitrogen and oxygen atoms in total. The van der Waals surface area contributed by atoms with Crippen LogP contribution in [-0.2, 0) is 0 Å². The van der Waals surface area contributed by atoms with E-state index in [4.69, 9.17) is 23.2 Å². The third kappa shape index (κ3) is 3.22. The number of rotatable bonds is 2. The minimum atomic E-state index is -0.344. The van der Waals surface area contributed by atoms with Crippen molar-refractivity contribution in [1.82, 2.24) is 9.97 Å².